The predicted molar refractivity (Wildman–Crippen MR) is 106 cm³/mol. The van der Waals surface area contributed by atoms with Crippen molar-refractivity contribution >= 4 is 17.2 Å². The van der Waals surface area contributed by atoms with Gasteiger partial charge in [0.05, 0.1) is 31.6 Å². The van der Waals surface area contributed by atoms with Gasteiger partial charge in [0.15, 0.2) is 0 Å². The minimum absolute atomic E-state index is 0.107. The Balaban J connectivity index is 1.61. The lowest BCUT2D eigenvalue weighted by molar-refractivity contribution is -0.0855. The molecule has 0 saturated carbocycles. The third-order valence-electron chi connectivity index (χ3n) is 4.28. The number of rotatable bonds is 5. The first-order chi connectivity index (χ1) is 13.3. The van der Waals surface area contributed by atoms with E-state index in [1.807, 2.05) is 60.7 Å². The summed E-state index contributed by atoms with van der Waals surface area (Å²) in [5.74, 6) is -0.136. The van der Waals surface area contributed by atoms with Crippen LogP contribution in [0.3, 0.4) is 0 Å². The Bertz CT molecular complexity index is 890. The van der Waals surface area contributed by atoms with Crippen LogP contribution in [0.15, 0.2) is 60.7 Å². The summed E-state index contributed by atoms with van der Waals surface area (Å²) in [4.78, 5) is 18.3. The van der Waals surface area contributed by atoms with Gasteiger partial charge in [-0.2, -0.15) is 0 Å². The molecule has 0 bridgehead atoms. The first kappa shape index (κ1) is 17.9. The maximum Gasteiger partial charge on any atom is 0.263 e. The molecule has 0 radical (unpaired) electrons. The van der Waals surface area contributed by atoms with Gasteiger partial charge in [-0.15, -0.1) is 11.3 Å². The molecule has 0 unspecified atom stereocenters. The van der Waals surface area contributed by atoms with Crippen LogP contribution in [0.25, 0.3) is 21.8 Å². The summed E-state index contributed by atoms with van der Waals surface area (Å²) in [7, 11) is 0. The van der Waals surface area contributed by atoms with Crippen molar-refractivity contribution in [3.8, 4) is 21.8 Å². The summed E-state index contributed by atoms with van der Waals surface area (Å²) in [5, 5.41) is 3.80. The van der Waals surface area contributed by atoms with E-state index in [0.29, 0.717) is 36.9 Å². The quantitative estimate of drug-likeness (QED) is 0.734. The molecule has 27 heavy (non-hydrogen) atoms. The molecule has 1 aliphatic rings. The van der Waals surface area contributed by atoms with Crippen molar-refractivity contribution in [1.82, 2.24) is 10.3 Å². The third kappa shape index (κ3) is 4.24. The molecule has 5 nitrogen and oxygen atoms in total. The highest BCUT2D eigenvalue weighted by Gasteiger charge is 2.22. The van der Waals surface area contributed by atoms with Crippen LogP contribution in [0.4, 0.5) is 0 Å². The number of hydrogen-bond acceptors (Lipinski definition) is 5. The monoisotopic (exact) mass is 380 g/mol. The Labute approximate surface area is 162 Å². The van der Waals surface area contributed by atoms with Gasteiger partial charge in [0.2, 0.25) is 0 Å². The minimum Gasteiger partial charge on any atom is -0.376 e. The van der Waals surface area contributed by atoms with E-state index in [4.69, 9.17) is 14.5 Å². The molecular formula is C21H20N2O3S. The highest BCUT2D eigenvalue weighted by Crippen LogP contribution is 2.33. The van der Waals surface area contributed by atoms with Crippen LogP contribution in [0, 0.1) is 0 Å². The fraction of sp³-hybridized carbons (Fsp3) is 0.238. The van der Waals surface area contributed by atoms with E-state index >= 15 is 0 Å². The zero-order valence-electron chi connectivity index (χ0n) is 14.8. The second kappa shape index (κ2) is 8.43. The van der Waals surface area contributed by atoms with Crippen molar-refractivity contribution in [2.24, 2.45) is 0 Å². The number of aromatic nitrogens is 1. The molecule has 1 aromatic heterocycles. The minimum atomic E-state index is -0.136. The zero-order chi connectivity index (χ0) is 18.5. The van der Waals surface area contributed by atoms with Crippen molar-refractivity contribution in [3.63, 3.8) is 0 Å². The lowest BCUT2D eigenvalue weighted by atomic mass is 10.1. The number of thiazole rings is 1. The number of hydrogen-bond donors (Lipinski definition) is 1. The average Bonchev–Trinajstić information content (AvgIpc) is 3.20. The van der Waals surface area contributed by atoms with Crippen LogP contribution in [0.1, 0.15) is 9.67 Å². The van der Waals surface area contributed by atoms with Gasteiger partial charge in [-0.05, 0) is 0 Å². The van der Waals surface area contributed by atoms with Gasteiger partial charge in [0.1, 0.15) is 9.88 Å². The van der Waals surface area contributed by atoms with Crippen LogP contribution in [0.2, 0.25) is 0 Å². The number of ether oxygens (including phenoxy) is 2. The number of nitrogens with zero attached hydrogens (tertiary/aromatic N) is 1. The molecule has 4 rings (SSSR count). The molecular weight excluding hydrogens is 360 g/mol. The van der Waals surface area contributed by atoms with E-state index in [2.05, 4.69) is 5.32 Å². The second-order valence-corrected chi connectivity index (χ2v) is 7.21. The number of benzene rings is 2. The maximum absolute atomic E-state index is 12.9. The molecule has 0 aliphatic carbocycles. The van der Waals surface area contributed by atoms with Crippen molar-refractivity contribution < 1.29 is 14.3 Å². The highest BCUT2D eigenvalue weighted by atomic mass is 32.1. The lowest BCUT2D eigenvalue weighted by Gasteiger charge is -2.22. The summed E-state index contributed by atoms with van der Waals surface area (Å²) in [6, 6.07) is 19.7. The molecule has 1 atom stereocenters. The van der Waals surface area contributed by atoms with E-state index in [1.165, 1.54) is 11.3 Å². The Kier molecular flexibility index (Phi) is 5.58. The molecule has 2 aromatic carbocycles. The largest absolute Gasteiger partial charge is 0.376 e. The molecule has 0 spiro atoms. The molecule has 1 N–H and O–H groups in total. The fourth-order valence-corrected chi connectivity index (χ4v) is 3.92. The molecule has 3 aromatic rings. The zero-order valence-corrected chi connectivity index (χ0v) is 15.6. The molecule has 1 saturated heterocycles. The summed E-state index contributed by atoms with van der Waals surface area (Å²) in [6.07, 6.45) is -0.107. The van der Waals surface area contributed by atoms with Crippen molar-refractivity contribution in [3.05, 3.63) is 65.5 Å². The van der Waals surface area contributed by atoms with E-state index in [-0.39, 0.29) is 12.0 Å². The van der Waals surface area contributed by atoms with E-state index < -0.39 is 0 Å². The second-order valence-electron chi connectivity index (χ2n) is 6.21. The van der Waals surface area contributed by atoms with E-state index in [0.717, 1.165) is 16.1 Å². The Morgan fingerprint density at radius 2 is 1.74 bits per heavy atom. The van der Waals surface area contributed by atoms with Gasteiger partial charge in [0, 0.05) is 17.7 Å². The first-order valence-corrected chi connectivity index (χ1v) is 9.72. The number of carbonyl (C=O) groups is 1. The van der Waals surface area contributed by atoms with Gasteiger partial charge < -0.3 is 14.8 Å². The number of amides is 1. The summed E-state index contributed by atoms with van der Waals surface area (Å²) in [5.41, 5.74) is 2.64. The van der Waals surface area contributed by atoms with Crippen LogP contribution >= 0.6 is 11.3 Å². The third-order valence-corrected chi connectivity index (χ3v) is 5.38. The van der Waals surface area contributed by atoms with Crippen LogP contribution in [0.5, 0.6) is 0 Å². The maximum atomic E-state index is 12.9. The summed E-state index contributed by atoms with van der Waals surface area (Å²) >= 11 is 1.41. The normalized spacial score (nSPS) is 16.8. The lowest BCUT2D eigenvalue weighted by Crippen LogP contribution is -2.39. The fourth-order valence-electron chi connectivity index (χ4n) is 2.91. The summed E-state index contributed by atoms with van der Waals surface area (Å²) in [6.45, 7) is 2.10. The van der Waals surface area contributed by atoms with Crippen LogP contribution in [-0.2, 0) is 9.47 Å². The molecule has 1 amide bonds. The van der Waals surface area contributed by atoms with Crippen LogP contribution < -0.4 is 5.32 Å². The van der Waals surface area contributed by atoms with Crippen molar-refractivity contribution in [2.45, 2.75) is 6.10 Å². The molecule has 1 aliphatic heterocycles. The topological polar surface area (TPSA) is 60.5 Å². The average molecular weight is 380 g/mol. The van der Waals surface area contributed by atoms with E-state index in [1.54, 1.807) is 0 Å². The first-order valence-electron chi connectivity index (χ1n) is 8.90. The molecule has 138 valence electrons. The van der Waals surface area contributed by atoms with E-state index in [9.17, 15) is 4.79 Å². The van der Waals surface area contributed by atoms with Gasteiger partial charge in [-0.1, -0.05) is 60.7 Å². The summed E-state index contributed by atoms with van der Waals surface area (Å²) < 4.78 is 11.0. The number of carbonyl (C=O) groups excluding carboxylic acids is 1. The Hall–Kier alpha value is -2.54. The molecule has 1 fully saturated rings. The van der Waals surface area contributed by atoms with Crippen molar-refractivity contribution in [1.29, 1.82) is 0 Å². The van der Waals surface area contributed by atoms with Gasteiger partial charge in [-0.3, -0.25) is 4.79 Å². The van der Waals surface area contributed by atoms with Gasteiger partial charge in [0.25, 0.3) is 5.91 Å². The van der Waals surface area contributed by atoms with Crippen molar-refractivity contribution in [2.75, 3.05) is 26.4 Å². The highest BCUT2D eigenvalue weighted by molar-refractivity contribution is 7.17. The van der Waals surface area contributed by atoms with Gasteiger partial charge in [-0.25, -0.2) is 4.98 Å². The Morgan fingerprint density at radius 1 is 1.04 bits per heavy atom. The Morgan fingerprint density at radius 3 is 2.41 bits per heavy atom. The van der Waals surface area contributed by atoms with Gasteiger partial charge >= 0.3 is 0 Å². The standard InChI is InChI=1S/C21H20N2O3S/c24-20(22-13-17-14-25-11-12-26-17)19-18(15-7-3-1-4-8-15)23-21(27-19)16-9-5-2-6-10-16/h1-10,17H,11-14H2,(H,22,24)/t17-/m1/s1. The SMILES string of the molecule is O=C(NC[C@@H]1COCCO1)c1sc(-c2ccccc2)nc1-c1ccccc1. The smallest absolute Gasteiger partial charge is 0.263 e. The number of nitrogens with one attached hydrogen (secondary N) is 1. The molecule has 2 heterocycles. The predicted octanol–water partition coefficient (Wildman–Crippen LogP) is 3.62. The van der Waals surface area contributed by atoms with Crippen LogP contribution in [-0.4, -0.2) is 43.4 Å². The molecule has 6 heteroatoms.